The smallest absolute Gasteiger partial charge is 0.421 e. The summed E-state index contributed by atoms with van der Waals surface area (Å²) >= 11 is 1.54. The zero-order chi connectivity index (χ0) is 44.0. The molecule has 0 fully saturated rings. The lowest BCUT2D eigenvalue weighted by Crippen LogP contribution is -2.49. The van der Waals surface area contributed by atoms with Gasteiger partial charge in [0.25, 0.3) is 5.91 Å². The number of benzene rings is 7. The van der Waals surface area contributed by atoms with E-state index in [0.717, 1.165) is 49.4 Å². The molecule has 0 unspecified atom stereocenters. The fourth-order valence-electron chi connectivity index (χ4n) is 8.61. The Bertz CT molecular complexity index is 2680. The van der Waals surface area contributed by atoms with Gasteiger partial charge in [0.2, 0.25) is 12.5 Å². The summed E-state index contributed by atoms with van der Waals surface area (Å²) in [7, 11) is 3.07. The third-order valence-corrected chi connectivity index (χ3v) is 13.3. The molecule has 0 saturated heterocycles. The van der Waals surface area contributed by atoms with E-state index in [4.69, 9.17) is 29.4 Å². The Morgan fingerprint density at radius 2 is 1.23 bits per heavy atom. The van der Waals surface area contributed by atoms with Crippen LogP contribution in [-0.4, -0.2) is 51.4 Å². The largest absolute Gasteiger partial charge is 0.495 e. The summed E-state index contributed by atoms with van der Waals surface area (Å²) in [5.74, 6) is 1.20. The van der Waals surface area contributed by atoms with Gasteiger partial charge in [-0.15, -0.1) is 11.8 Å². The lowest BCUT2D eigenvalue weighted by molar-refractivity contribution is -0.119. The quantitative estimate of drug-likeness (QED) is 0.0844. The van der Waals surface area contributed by atoms with Gasteiger partial charge in [0.1, 0.15) is 12.4 Å². The van der Waals surface area contributed by atoms with Gasteiger partial charge in [-0.1, -0.05) is 158 Å². The van der Waals surface area contributed by atoms with Crippen LogP contribution < -0.4 is 29.6 Å². The summed E-state index contributed by atoms with van der Waals surface area (Å²) in [5, 5.41) is 0. The first-order chi connectivity index (χ1) is 31.4. The van der Waals surface area contributed by atoms with E-state index in [2.05, 4.69) is 60.7 Å². The molecule has 0 radical (unpaired) electrons. The molecule has 10 heteroatoms. The number of amides is 2. The molecule has 0 spiro atoms. The van der Waals surface area contributed by atoms with Gasteiger partial charge in [-0.25, -0.2) is 9.69 Å². The molecule has 64 heavy (non-hydrogen) atoms. The van der Waals surface area contributed by atoms with Crippen LogP contribution >= 0.6 is 11.8 Å². The van der Waals surface area contributed by atoms with Crippen LogP contribution in [0.1, 0.15) is 44.9 Å². The van der Waals surface area contributed by atoms with Crippen LogP contribution in [-0.2, 0) is 14.3 Å². The van der Waals surface area contributed by atoms with Crippen LogP contribution in [0.15, 0.2) is 170 Å². The van der Waals surface area contributed by atoms with Crippen LogP contribution in [0.5, 0.6) is 23.0 Å². The first-order valence-corrected chi connectivity index (χ1v) is 22.0. The van der Waals surface area contributed by atoms with E-state index in [9.17, 15) is 4.79 Å². The number of imide groups is 1. The minimum absolute atomic E-state index is 0.00633. The summed E-state index contributed by atoms with van der Waals surface area (Å²) in [5.41, 5.74) is 16.0. The maximum Gasteiger partial charge on any atom is 0.421 e. The Hall–Kier alpha value is -7.27. The predicted molar refractivity (Wildman–Crippen MR) is 253 cm³/mol. The number of carbonyl (C=O) groups is 2. The van der Waals surface area contributed by atoms with E-state index in [1.807, 2.05) is 109 Å². The van der Waals surface area contributed by atoms with E-state index in [1.54, 1.807) is 31.0 Å². The summed E-state index contributed by atoms with van der Waals surface area (Å²) in [6.45, 7) is 0.0977. The monoisotopic (exact) mass is 866 g/mol. The van der Waals surface area contributed by atoms with E-state index in [1.165, 1.54) is 7.11 Å². The number of rotatable bonds is 14. The average molecular weight is 867 g/mol. The molecule has 7 aromatic carbocycles. The fourth-order valence-corrected chi connectivity index (χ4v) is 10.1. The first-order valence-electron chi connectivity index (χ1n) is 21.0. The van der Waals surface area contributed by atoms with Crippen molar-refractivity contribution in [1.29, 1.82) is 0 Å². The average Bonchev–Trinajstić information content (AvgIpc) is 3.96. The van der Waals surface area contributed by atoms with E-state index < -0.39 is 22.8 Å². The molecule has 2 N–H and O–H groups in total. The molecule has 9 rings (SSSR count). The van der Waals surface area contributed by atoms with Crippen LogP contribution in [0, 0.1) is 0 Å². The second-order valence-corrected chi connectivity index (χ2v) is 16.6. The van der Waals surface area contributed by atoms with Crippen molar-refractivity contribution in [2.45, 2.75) is 16.7 Å². The van der Waals surface area contributed by atoms with Crippen molar-refractivity contribution >= 4 is 41.6 Å². The van der Waals surface area contributed by atoms with Crippen molar-refractivity contribution in [2.24, 2.45) is 5.73 Å². The Balaban J connectivity index is 1.07. The molecule has 2 amide bonds. The summed E-state index contributed by atoms with van der Waals surface area (Å²) in [6, 6.07) is 54.6. The van der Waals surface area contributed by atoms with E-state index >= 15 is 4.79 Å². The number of ether oxygens (including phenoxy) is 5. The predicted octanol–water partition coefficient (Wildman–Crippen LogP) is 10.9. The molecule has 0 aromatic heterocycles. The maximum absolute atomic E-state index is 15.1. The Morgan fingerprint density at radius 3 is 1.81 bits per heavy atom. The molecule has 7 aromatic rings. The van der Waals surface area contributed by atoms with Gasteiger partial charge < -0.3 is 29.4 Å². The minimum Gasteiger partial charge on any atom is -0.495 e. The number of methoxy groups -OCH3 is 2. The summed E-state index contributed by atoms with van der Waals surface area (Å²) < 4.78 is 28.1. The van der Waals surface area contributed by atoms with Gasteiger partial charge in [-0.3, -0.25) is 4.79 Å². The van der Waals surface area contributed by atoms with Gasteiger partial charge in [0, 0.05) is 11.7 Å². The van der Waals surface area contributed by atoms with Crippen molar-refractivity contribution in [3.63, 3.8) is 0 Å². The molecule has 2 aliphatic rings. The van der Waals surface area contributed by atoms with Crippen molar-refractivity contribution in [3.05, 3.63) is 209 Å². The topological polar surface area (TPSA) is 110 Å². The van der Waals surface area contributed by atoms with Crippen molar-refractivity contribution < 1.29 is 33.3 Å². The third-order valence-electron chi connectivity index (χ3n) is 11.7. The molecule has 9 nitrogen and oxygen atoms in total. The Labute approximate surface area is 377 Å². The van der Waals surface area contributed by atoms with Crippen molar-refractivity contribution in [1.82, 2.24) is 0 Å². The van der Waals surface area contributed by atoms with Gasteiger partial charge in [0.15, 0.2) is 11.5 Å². The number of anilines is 1. The van der Waals surface area contributed by atoms with Crippen LogP contribution in [0.25, 0.3) is 23.3 Å². The molecule has 1 atom stereocenters. The number of nitrogens with zero attached hydrogens (tertiary/aromatic N) is 1. The highest BCUT2D eigenvalue weighted by molar-refractivity contribution is 8.00. The molecular formula is C54H46N2O7S. The number of hydrogen-bond donors (Lipinski definition) is 1. The second kappa shape index (κ2) is 18.6. The Kier molecular flexibility index (Phi) is 12.2. The number of fused-ring (bicyclic) bond motifs is 4. The molecule has 1 aliphatic heterocycles. The third kappa shape index (κ3) is 8.09. The molecule has 1 aliphatic carbocycles. The summed E-state index contributed by atoms with van der Waals surface area (Å²) in [4.78, 5) is 30.9. The lowest BCUT2D eigenvalue weighted by atomic mass is 9.84. The van der Waals surface area contributed by atoms with Crippen molar-refractivity contribution in [3.8, 4) is 34.1 Å². The lowest BCUT2D eigenvalue weighted by Gasteiger charge is -2.36. The number of thioether (sulfide) groups is 1. The number of carbonyl (C=O) groups excluding carboxylic acids is 2. The molecule has 320 valence electrons. The van der Waals surface area contributed by atoms with Crippen LogP contribution in [0.2, 0.25) is 0 Å². The number of nitrogens with two attached hydrogens (primary N) is 1. The van der Waals surface area contributed by atoms with Gasteiger partial charge in [-0.2, -0.15) is 0 Å². The zero-order valence-electron chi connectivity index (χ0n) is 35.4. The molecule has 0 saturated carbocycles. The maximum atomic E-state index is 15.1. The number of hydrogen-bond acceptors (Lipinski definition) is 9. The normalized spacial score (nSPS) is 13.2. The van der Waals surface area contributed by atoms with Gasteiger partial charge in [0.05, 0.1) is 30.7 Å². The van der Waals surface area contributed by atoms with Crippen molar-refractivity contribution in [2.75, 3.05) is 38.3 Å². The van der Waals surface area contributed by atoms with Gasteiger partial charge in [-0.05, 0) is 74.3 Å². The van der Waals surface area contributed by atoms with Crippen LogP contribution in [0.4, 0.5) is 10.5 Å². The standard InChI is InChI=1S/C54H46N2O7S/c1-59-48-29-28-36(26-27-37-31-49(60-2)51-50(32-37)62-35-63-51)30-47(48)56(53(58)61-33-45-43-24-14-12-22-41(43)42-23-13-15-25-44(42)45)52(57)46(55)34-64-54(38-16-6-3-7-17-38,39-18-8-4-9-19-39)40-20-10-5-11-21-40/h3-32,45-46H,33-35,55H2,1-2H3/b27-26-/t46-/m0/s1. The molecule has 1 heterocycles. The zero-order valence-corrected chi connectivity index (χ0v) is 36.2. The highest BCUT2D eigenvalue weighted by Crippen LogP contribution is 2.49. The second-order valence-electron chi connectivity index (χ2n) is 15.4. The molecule has 0 bridgehead atoms. The highest BCUT2D eigenvalue weighted by atomic mass is 32.2. The van der Waals surface area contributed by atoms with Gasteiger partial charge >= 0.3 is 6.09 Å². The SMILES string of the molecule is COc1ccc(/C=C\c2cc(OC)c3c(c2)OCO3)cc1N(C(=O)OCC1c2ccccc2-c2ccccc21)C(=O)[C@@H](N)CSC(c1ccccc1)(c1ccccc1)c1ccccc1. The first kappa shape index (κ1) is 42.1. The van der Waals surface area contributed by atoms with E-state index in [0.29, 0.717) is 22.8 Å². The minimum atomic E-state index is -1.16. The fraction of sp³-hybridized carbons (Fsp3) is 0.148. The summed E-state index contributed by atoms with van der Waals surface area (Å²) in [6.07, 6.45) is 2.88. The highest BCUT2D eigenvalue weighted by Gasteiger charge is 2.40. The Morgan fingerprint density at radius 1 is 0.688 bits per heavy atom. The molecular weight excluding hydrogens is 821 g/mol. The van der Waals surface area contributed by atoms with Crippen LogP contribution in [0.3, 0.4) is 0 Å². The van der Waals surface area contributed by atoms with E-state index in [-0.39, 0.29) is 36.5 Å².